The van der Waals surface area contributed by atoms with Crippen LogP contribution in [0.2, 0.25) is 0 Å². The van der Waals surface area contributed by atoms with Crippen molar-refractivity contribution in [1.82, 2.24) is 25.0 Å². The molecule has 0 bridgehead atoms. The van der Waals surface area contributed by atoms with Crippen molar-refractivity contribution in [3.8, 4) is 0 Å². The first kappa shape index (κ1) is 20.8. The van der Waals surface area contributed by atoms with Gasteiger partial charge in [-0.15, -0.1) is 12.4 Å². The Kier molecular flexibility index (Phi) is 7.04. The molecule has 1 amide bonds. The normalized spacial score (nSPS) is 18.0. The minimum absolute atomic E-state index is 0. The van der Waals surface area contributed by atoms with Crippen molar-refractivity contribution in [2.24, 2.45) is 7.05 Å². The van der Waals surface area contributed by atoms with Gasteiger partial charge in [-0.3, -0.25) is 15.0 Å². The van der Waals surface area contributed by atoms with E-state index in [0.717, 1.165) is 51.4 Å². The molecular weight excluding hydrogens is 376 g/mol. The molecule has 0 atom stereocenters. The van der Waals surface area contributed by atoms with E-state index >= 15 is 0 Å². The number of hydrogen-bond donors (Lipinski definition) is 2. The van der Waals surface area contributed by atoms with Crippen molar-refractivity contribution in [2.75, 3.05) is 31.5 Å². The molecule has 2 aromatic rings. The lowest BCUT2D eigenvalue weighted by Crippen LogP contribution is -2.27. The monoisotopic (exact) mass is 404 g/mol. The molecule has 2 saturated heterocycles. The van der Waals surface area contributed by atoms with Gasteiger partial charge in [0, 0.05) is 25.1 Å². The minimum atomic E-state index is -0.134. The number of aromatic nitrogens is 3. The maximum atomic E-state index is 12.7. The Morgan fingerprint density at radius 3 is 2.75 bits per heavy atom. The molecule has 1 aromatic carbocycles. The molecule has 2 aliphatic heterocycles. The van der Waals surface area contributed by atoms with Crippen molar-refractivity contribution in [2.45, 2.75) is 38.1 Å². The van der Waals surface area contributed by atoms with Crippen LogP contribution in [0.25, 0.3) is 0 Å². The number of likely N-dealkylation sites (tertiary alicyclic amines) is 1. The van der Waals surface area contributed by atoms with Crippen molar-refractivity contribution in [1.29, 1.82) is 0 Å². The van der Waals surface area contributed by atoms with Gasteiger partial charge in [0.1, 0.15) is 0 Å². The lowest BCUT2D eigenvalue weighted by Gasteiger charge is -2.19. The van der Waals surface area contributed by atoms with E-state index < -0.39 is 0 Å². The van der Waals surface area contributed by atoms with E-state index in [2.05, 4.69) is 31.7 Å². The highest BCUT2D eigenvalue weighted by Crippen LogP contribution is 2.23. The number of hydrogen-bond acceptors (Lipinski definition) is 5. The van der Waals surface area contributed by atoms with Gasteiger partial charge < -0.3 is 5.32 Å². The summed E-state index contributed by atoms with van der Waals surface area (Å²) in [5.74, 6) is 1.58. The van der Waals surface area contributed by atoms with Crippen molar-refractivity contribution < 1.29 is 4.79 Å². The summed E-state index contributed by atoms with van der Waals surface area (Å²) in [5.41, 5.74) is 1.84. The largest absolute Gasteiger partial charge is 0.317 e. The molecule has 0 saturated carbocycles. The highest BCUT2D eigenvalue weighted by atomic mass is 35.5. The molecule has 0 radical (unpaired) electrons. The van der Waals surface area contributed by atoms with Gasteiger partial charge in [0.25, 0.3) is 5.91 Å². The average molecular weight is 405 g/mol. The molecule has 0 spiro atoms. The number of amides is 1. The number of carbonyl (C=O) groups excluding carboxylic acids is 1. The van der Waals surface area contributed by atoms with Crippen LogP contribution in [0.1, 0.15) is 53.3 Å². The molecule has 1 aromatic heterocycles. The third-order valence-electron chi connectivity index (χ3n) is 5.50. The number of carbonyl (C=O) groups is 1. The summed E-state index contributed by atoms with van der Waals surface area (Å²) in [6.07, 6.45) is 4.61. The van der Waals surface area contributed by atoms with E-state index in [-0.39, 0.29) is 18.3 Å². The Hall–Kier alpha value is -1.96. The molecule has 0 unspecified atom stereocenters. The van der Waals surface area contributed by atoms with Crippen LogP contribution in [-0.4, -0.2) is 51.8 Å². The van der Waals surface area contributed by atoms with Gasteiger partial charge in [-0.1, -0.05) is 12.1 Å². The summed E-state index contributed by atoms with van der Waals surface area (Å²) in [6, 6.07) is 7.88. The second-order valence-corrected chi connectivity index (χ2v) is 7.58. The third kappa shape index (κ3) is 4.90. The molecule has 0 aliphatic carbocycles. The maximum absolute atomic E-state index is 12.7. The lowest BCUT2D eigenvalue weighted by atomic mass is 9.98. The van der Waals surface area contributed by atoms with Crippen molar-refractivity contribution >= 4 is 24.3 Å². The van der Waals surface area contributed by atoms with Gasteiger partial charge >= 0.3 is 0 Å². The maximum Gasteiger partial charge on any atom is 0.258 e. The Labute approximate surface area is 172 Å². The summed E-state index contributed by atoms with van der Waals surface area (Å²) in [7, 11) is 1.83. The van der Waals surface area contributed by atoms with Crippen LogP contribution in [0.3, 0.4) is 0 Å². The van der Waals surface area contributed by atoms with E-state index in [1.807, 2.05) is 25.2 Å². The molecule has 7 nitrogen and oxygen atoms in total. The zero-order valence-electron chi connectivity index (χ0n) is 16.4. The summed E-state index contributed by atoms with van der Waals surface area (Å²) in [6.45, 7) is 5.19. The van der Waals surface area contributed by atoms with Crippen molar-refractivity contribution in [3.63, 3.8) is 0 Å². The lowest BCUT2D eigenvalue weighted by molar-refractivity contribution is 0.102. The van der Waals surface area contributed by atoms with Crippen LogP contribution >= 0.6 is 12.4 Å². The van der Waals surface area contributed by atoms with Gasteiger partial charge in [0.2, 0.25) is 5.95 Å². The quantitative estimate of drug-likeness (QED) is 0.801. The number of anilines is 1. The van der Waals surface area contributed by atoms with E-state index in [0.29, 0.717) is 17.4 Å². The molecule has 3 heterocycles. The first-order valence-corrected chi connectivity index (χ1v) is 9.93. The molecule has 152 valence electrons. The van der Waals surface area contributed by atoms with Gasteiger partial charge in [-0.05, 0) is 69.6 Å². The van der Waals surface area contributed by atoms with E-state index in [9.17, 15) is 4.79 Å². The smallest absolute Gasteiger partial charge is 0.258 e. The zero-order chi connectivity index (χ0) is 18.6. The van der Waals surface area contributed by atoms with Crippen LogP contribution in [0.4, 0.5) is 5.95 Å². The third-order valence-corrected chi connectivity index (χ3v) is 5.50. The number of benzene rings is 1. The van der Waals surface area contributed by atoms with Crippen LogP contribution < -0.4 is 10.6 Å². The average Bonchev–Trinajstić information content (AvgIpc) is 3.33. The van der Waals surface area contributed by atoms with Gasteiger partial charge in [-0.25, -0.2) is 4.68 Å². The highest BCUT2D eigenvalue weighted by Gasteiger charge is 2.21. The summed E-state index contributed by atoms with van der Waals surface area (Å²) >= 11 is 0. The zero-order valence-corrected chi connectivity index (χ0v) is 17.2. The van der Waals surface area contributed by atoms with Crippen LogP contribution in [0.5, 0.6) is 0 Å². The number of piperidine rings is 1. The number of rotatable bonds is 5. The predicted molar refractivity (Wildman–Crippen MR) is 112 cm³/mol. The SMILES string of the molecule is Cl.Cn1nc(C2CCNCC2)nc1NC(=O)c1cccc(CN2CCCC2)c1. The summed E-state index contributed by atoms with van der Waals surface area (Å²) in [5, 5.41) is 10.8. The summed E-state index contributed by atoms with van der Waals surface area (Å²) < 4.78 is 1.67. The molecule has 2 fully saturated rings. The number of nitrogens with zero attached hydrogens (tertiary/aromatic N) is 4. The van der Waals surface area contributed by atoms with Crippen LogP contribution in [0, 0.1) is 0 Å². The minimum Gasteiger partial charge on any atom is -0.317 e. The molecule has 4 rings (SSSR count). The Bertz CT molecular complexity index is 796. The molecule has 8 heteroatoms. The Morgan fingerprint density at radius 2 is 2.00 bits per heavy atom. The first-order chi connectivity index (χ1) is 13.2. The standard InChI is InChI=1S/C20H28N6O.ClH/c1-25-20(22-18(24-25)16-7-9-21-10-8-16)23-19(27)17-6-4-5-15(13-17)14-26-11-2-3-12-26;/h4-6,13,16,21H,2-3,7-12,14H2,1H3,(H,22,23,24,27);1H. The van der Waals surface area contributed by atoms with E-state index in [4.69, 9.17) is 0 Å². The van der Waals surface area contributed by atoms with E-state index in [1.54, 1.807) is 4.68 Å². The van der Waals surface area contributed by atoms with Crippen LogP contribution in [0.15, 0.2) is 24.3 Å². The second kappa shape index (κ2) is 9.49. The molecular formula is C20H29ClN6O. The fourth-order valence-electron chi connectivity index (χ4n) is 3.95. The summed E-state index contributed by atoms with van der Waals surface area (Å²) in [4.78, 5) is 19.7. The van der Waals surface area contributed by atoms with Crippen molar-refractivity contribution in [3.05, 3.63) is 41.2 Å². The fraction of sp³-hybridized carbons (Fsp3) is 0.550. The van der Waals surface area contributed by atoms with Gasteiger partial charge in [0.15, 0.2) is 5.82 Å². The first-order valence-electron chi connectivity index (χ1n) is 9.93. The predicted octanol–water partition coefficient (Wildman–Crippen LogP) is 2.55. The van der Waals surface area contributed by atoms with Gasteiger partial charge in [-0.2, -0.15) is 10.1 Å². The number of nitrogens with one attached hydrogen (secondary N) is 2. The Morgan fingerprint density at radius 1 is 1.25 bits per heavy atom. The molecule has 28 heavy (non-hydrogen) atoms. The number of halogens is 1. The topological polar surface area (TPSA) is 75.1 Å². The van der Waals surface area contributed by atoms with Crippen LogP contribution in [-0.2, 0) is 13.6 Å². The van der Waals surface area contributed by atoms with Gasteiger partial charge in [0.05, 0.1) is 0 Å². The molecule has 2 N–H and O–H groups in total. The fourth-order valence-corrected chi connectivity index (χ4v) is 3.95. The highest BCUT2D eigenvalue weighted by molar-refractivity contribution is 6.03. The van der Waals surface area contributed by atoms with E-state index in [1.165, 1.54) is 18.4 Å². The molecule has 2 aliphatic rings. The number of aryl methyl sites for hydroxylation is 1. The second-order valence-electron chi connectivity index (χ2n) is 7.58. The Balaban J connectivity index is 0.00000225.